The number of ether oxygens (including phenoxy) is 1. The van der Waals surface area contributed by atoms with Gasteiger partial charge in [0.1, 0.15) is 5.75 Å². The maximum absolute atomic E-state index is 11.2. The SMILES string of the molecule is CCOS(=O)(=O)COc1ccccc1CBr. The van der Waals surface area contributed by atoms with Crippen LogP contribution in [0.15, 0.2) is 24.3 Å². The van der Waals surface area contributed by atoms with Crippen LogP contribution in [0.2, 0.25) is 0 Å². The van der Waals surface area contributed by atoms with Crippen molar-refractivity contribution in [1.29, 1.82) is 0 Å². The predicted molar refractivity (Wildman–Crippen MR) is 65.1 cm³/mol. The largest absolute Gasteiger partial charge is 0.475 e. The Bertz CT molecular complexity index is 430. The number of alkyl halides is 1. The minimum Gasteiger partial charge on any atom is -0.475 e. The summed E-state index contributed by atoms with van der Waals surface area (Å²) in [5.41, 5.74) is 0.897. The number of rotatable bonds is 6. The van der Waals surface area contributed by atoms with Crippen LogP contribution < -0.4 is 4.74 Å². The third-order valence-electron chi connectivity index (χ3n) is 1.77. The highest BCUT2D eigenvalue weighted by Crippen LogP contribution is 2.20. The van der Waals surface area contributed by atoms with Crippen molar-refractivity contribution in [3.05, 3.63) is 29.8 Å². The van der Waals surface area contributed by atoms with Crippen LogP contribution in [-0.4, -0.2) is 21.0 Å². The van der Waals surface area contributed by atoms with Crippen LogP contribution in [-0.2, 0) is 19.6 Å². The van der Waals surface area contributed by atoms with E-state index in [1.165, 1.54) is 0 Å². The zero-order chi connectivity index (χ0) is 12.0. The average molecular weight is 309 g/mol. The standard InChI is InChI=1S/C10H13BrO4S/c1-2-15-16(12,13)8-14-10-6-4-3-5-9(10)7-11/h3-6H,2,7-8H2,1H3. The molecule has 1 aromatic rings. The highest BCUT2D eigenvalue weighted by Gasteiger charge is 2.12. The third-order valence-corrected chi connectivity index (χ3v) is 3.38. The van der Waals surface area contributed by atoms with Crippen molar-refractivity contribution in [3.63, 3.8) is 0 Å². The Balaban J connectivity index is 2.68. The molecule has 0 aromatic heterocycles. The molecule has 0 unspecified atom stereocenters. The van der Waals surface area contributed by atoms with Gasteiger partial charge in [-0.25, -0.2) is 0 Å². The lowest BCUT2D eigenvalue weighted by molar-refractivity contribution is 0.298. The highest BCUT2D eigenvalue weighted by atomic mass is 79.9. The lowest BCUT2D eigenvalue weighted by Gasteiger charge is -2.09. The van der Waals surface area contributed by atoms with Crippen LogP contribution >= 0.6 is 15.9 Å². The summed E-state index contributed by atoms with van der Waals surface area (Å²) in [5, 5.41) is 0.609. The lowest BCUT2D eigenvalue weighted by atomic mass is 10.2. The minimum atomic E-state index is -3.59. The molecular weight excluding hydrogens is 296 g/mol. The molecule has 90 valence electrons. The van der Waals surface area contributed by atoms with Crippen LogP contribution in [0, 0.1) is 0 Å². The Hall–Kier alpha value is -0.590. The van der Waals surface area contributed by atoms with E-state index in [-0.39, 0.29) is 6.61 Å². The van der Waals surface area contributed by atoms with Crippen LogP contribution in [0.25, 0.3) is 0 Å². The first-order valence-electron chi connectivity index (χ1n) is 4.73. The lowest BCUT2D eigenvalue weighted by Crippen LogP contribution is -2.15. The molecule has 6 heteroatoms. The van der Waals surface area contributed by atoms with Crippen molar-refractivity contribution >= 4 is 26.0 Å². The van der Waals surface area contributed by atoms with Gasteiger partial charge in [-0.2, -0.15) is 8.42 Å². The molecular formula is C10H13BrO4S. The second kappa shape index (κ2) is 6.22. The molecule has 0 spiro atoms. The van der Waals surface area contributed by atoms with E-state index in [2.05, 4.69) is 20.1 Å². The van der Waals surface area contributed by atoms with Gasteiger partial charge in [-0.05, 0) is 13.0 Å². The Kier molecular flexibility index (Phi) is 5.24. The number of hydrogen-bond acceptors (Lipinski definition) is 4. The fraction of sp³-hybridized carbons (Fsp3) is 0.400. The molecule has 0 aliphatic carbocycles. The first-order valence-corrected chi connectivity index (χ1v) is 7.42. The molecule has 0 aliphatic rings. The highest BCUT2D eigenvalue weighted by molar-refractivity contribution is 9.08. The van der Waals surface area contributed by atoms with Gasteiger partial charge in [0.05, 0.1) is 6.61 Å². The second-order valence-corrected chi connectivity index (χ2v) is 5.12. The summed E-state index contributed by atoms with van der Waals surface area (Å²) in [7, 11) is -3.59. The van der Waals surface area contributed by atoms with Gasteiger partial charge >= 0.3 is 10.1 Å². The minimum absolute atomic E-state index is 0.117. The molecule has 0 fully saturated rings. The topological polar surface area (TPSA) is 52.6 Å². The van der Waals surface area contributed by atoms with E-state index >= 15 is 0 Å². The van der Waals surface area contributed by atoms with E-state index in [1.54, 1.807) is 19.1 Å². The van der Waals surface area contributed by atoms with E-state index in [0.717, 1.165) is 5.56 Å². The molecule has 0 radical (unpaired) electrons. The zero-order valence-electron chi connectivity index (χ0n) is 8.85. The predicted octanol–water partition coefficient (Wildman–Crippen LogP) is 2.28. The molecule has 0 heterocycles. The number of benzene rings is 1. The van der Waals surface area contributed by atoms with E-state index in [9.17, 15) is 8.42 Å². The number of hydrogen-bond donors (Lipinski definition) is 0. The van der Waals surface area contributed by atoms with Gasteiger partial charge in [-0.1, -0.05) is 34.1 Å². The van der Waals surface area contributed by atoms with Crippen molar-refractivity contribution in [2.45, 2.75) is 12.3 Å². The van der Waals surface area contributed by atoms with Crippen molar-refractivity contribution in [2.75, 3.05) is 12.5 Å². The summed E-state index contributed by atoms with van der Waals surface area (Å²) < 4.78 is 32.3. The third kappa shape index (κ3) is 4.11. The normalized spacial score (nSPS) is 11.4. The Labute approximate surface area is 104 Å². The van der Waals surface area contributed by atoms with Crippen molar-refractivity contribution in [3.8, 4) is 5.75 Å². The molecule has 16 heavy (non-hydrogen) atoms. The van der Waals surface area contributed by atoms with Crippen LogP contribution in [0.1, 0.15) is 12.5 Å². The summed E-state index contributed by atoms with van der Waals surface area (Å²) in [6.45, 7) is 1.73. The maximum atomic E-state index is 11.2. The second-order valence-electron chi connectivity index (χ2n) is 2.97. The maximum Gasteiger partial charge on any atom is 0.302 e. The molecule has 1 rings (SSSR count). The quantitative estimate of drug-likeness (QED) is 0.597. The first kappa shape index (κ1) is 13.5. The summed E-state index contributed by atoms with van der Waals surface area (Å²) >= 11 is 3.30. The van der Waals surface area contributed by atoms with Gasteiger partial charge < -0.3 is 4.74 Å². The Morgan fingerprint density at radius 1 is 1.31 bits per heavy atom. The summed E-state index contributed by atoms with van der Waals surface area (Å²) in [4.78, 5) is 0. The molecule has 0 aliphatic heterocycles. The number of para-hydroxylation sites is 1. The monoisotopic (exact) mass is 308 g/mol. The van der Waals surface area contributed by atoms with E-state index < -0.39 is 16.1 Å². The fourth-order valence-electron chi connectivity index (χ4n) is 1.10. The molecule has 0 amide bonds. The van der Waals surface area contributed by atoms with Gasteiger partial charge in [-0.15, -0.1) is 0 Å². The molecule has 0 N–H and O–H groups in total. The molecule has 0 bridgehead atoms. The molecule has 0 saturated heterocycles. The van der Waals surface area contributed by atoms with Gasteiger partial charge in [0.25, 0.3) is 0 Å². The summed E-state index contributed by atoms with van der Waals surface area (Å²) in [6, 6.07) is 7.23. The Morgan fingerprint density at radius 3 is 2.62 bits per heavy atom. The fourth-order valence-corrected chi connectivity index (χ4v) is 2.27. The van der Waals surface area contributed by atoms with Crippen LogP contribution in [0.5, 0.6) is 5.75 Å². The molecule has 0 atom stereocenters. The van der Waals surface area contributed by atoms with Crippen molar-refractivity contribution in [2.24, 2.45) is 0 Å². The smallest absolute Gasteiger partial charge is 0.302 e. The zero-order valence-corrected chi connectivity index (χ0v) is 11.3. The van der Waals surface area contributed by atoms with Crippen LogP contribution in [0.3, 0.4) is 0 Å². The summed E-state index contributed by atoms with van der Waals surface area (Å²) in [6.07, 6.45) is 0. The molecule has 1 aromatic carbocycles. The van der Waals surface area contributed by atoms with E-state index in [0.29, 0.717) is 11.1 Å². The van der Waals surface area contributed by atoms with Gasteiger partial charge in [0.15, 0.2) is 0 Å². The van der Waals surface area contributed by atoms with Gasteiger partial charge in [-0.3, -0.25) is 4.18 Å². The molecule has 4 nitrogen and oxygen atoms in total. The summed E-state index contributed by atoms with van der Waals surface area (Å²) in [5.74, 6) is 0.0767. The van der Waals surface area contributed by atoms with Crippen molar-refractivity contribution < 1.29 is 17.3 Å². The van der Waals surface area contributed by atoms with E-state index in [4.69, 9.17) is 4.74 Å². The Morgan fingerprint density at radius 2 is 2.00 bits per heavy atom. The van der Waals surface area contributed by atoms with E-state index in [1.807, 2.05) is 12.1 Å². The van der Waals surface area contributed by atoms with Crippen LogP contribution in [0.4, 0.5) is 0 Å². The average Bonchev–Trinajstić information content (AvgIpc) is 2.27. The van der Waals surface area contributed by atoms with Gasteiger partial charge in [0, 0.05) is 10.9 Å². The van der Waals surface area contributed by atoms with Crippen molar-refractivity contribution in [1.82, 2.24) is 0 Å². The molecule has 0 saturated carbocycles. The van der Waals surface area contributed by atoms with Gasteiger partial charge in [0.2, 0.25) is 5.94 Å². The number of halogens is 1. The first-order chi connectivity index (χ1) is 7.59.